The van der Waals surface area contributed by atoms with Crippen LogP contribution < -0.4 is 0 Å². The molecule has 0 saturated heterocycles. The van der Waals surface area contributed by atoms with Gasteiger partial charge in [-0.15, -0.1) is 0 Å². The van der Waals surface area contributed by atoms with Gasteiger partial charge in [0.2, 0.25) is 6.54 Å². The van der Waals surface area contributed by atoms with E-state index in [0.29, 0.717) is 18.9 Å². The number of nitriles is 1. The van der Waals surface area contributed by atoms with Gasteiger partial charge in [0, 0.05) is 12.8 Å². The van der Waals surface area contributed by atoms with Crippen molar-refractivity contribution in [2.75, 3.05) is 6.54 Å². The van der Waals surface area contributed by atoms with Crippen LogP contribution in [0.2, 0.25) is 0 Å². The third kappa shape index (κ3) is 5.43. The summed E-state index contributed by atoms with van der Waals surface area (Å²) in [7, 11) is 0. The fraction of sp³-hybridized carbons (Fsp3) is 0.778. The molecule has 60 valence electrons. The van der Waals surface area contributed by atoms with Crippen LogP contribution >= 0.6 is 0 Å². The van der Waals surface area contributed by atoms with Crippen LogP contribution in [0.25, 0.3) is 4.85 Å². The summed E-state index contributed by atoms with van der Waals surface area (Å²) in [4.78, 5) is 3.28. The summed E-state index contributed by atoms with van der Waals surface area (Å²) in [5.41, 5.74) is 0. The second-order valence-electron chi connectivity index (χ2n) is 2.69. The quantitative estimate of drug-likeness (QED) is 0.554. The highest BCUT2D eigenvalue weighted by atomic mass is 14.6. The van der Waals surface area contributed by atoms with Crippen LogP contribution in [0.1, 0.15) is 32.6 Å². The molecule has 0 bridgehead atoms. The van der Waals surface area contributed by atoms with Crippen molar-refractivity contribution < 1.29 is 0 Å². The molecule has 0 aromatic rings. The molecule has 1 unspecified atom stereocenters. The van der Waals surface area contributed by atoms with Crippen molar-refractivity contribution in [1.82, 2.24) is 0 Å². The van der Waals surface area contributed by atoms with Crippen LogP contribution in [0, 0.1) is 23.8 Å². The zero-order valence-corrected chi connectivity index (χ0v) is 7.01. The molecule has 0 aromatic carbocycles. The molecular weight excluding hydrogens is 136 g/mol. The Bertz CT molecular complexity index is 161. The second-order valence-corrected chi connectivity index (χ2v) is 2.69. The zero-order chi connectivity index (χ0) is 8.53. The van der Waals surface area contributed by atoms with Crippen molar-refractivity contribution in [2.45, 2.75) is 32.6 Å². The van der Waals surface area contributed by atoms with Gasteiger partial charge in [-0.25, -0.2) is 6.57 Å². The first kappa shape index (κ1) is 9.98. The second kappa shape index (κ2) is 7.09. The van der Waals surface area contributed by atoms with Crippen LogP contribution in [-0.2, 0) is 0 Å². The lowest BCUT2D eigenvalue weighted by atomic mass is 9.97. The predicted octanol–water partition coefficient (Wildman–Crippen LogP) is 2.63. The van der Waals surface area contributed by atoms with Gasteiger partial charge in [-0.1, -0.05) is 13.3 Å². The van der Waals surface area contributed by atoms with Crippen molar-refractivity contribution in [3.8, 4) is 6.07 Å². The first-order valence-corrected chi connectivity index (χ1v) is 4.05. The van der Waals surface area contributed by atoms with Crippen molar-refractivity contribution in [3.63, 3.8) is 0 Å². The van der Waals surface area contributed by atoms with E-state index in [1.54, 1.807) is 0 Å². The molecule has 0 radical (unpaired) electrons. The van der Waals surface area contributed by atoms with Gasteiger partial charge in [0.1, 0.15) is 0 Å². The fourth-order valence-electron chi connectivity index (χ4n) is 1.13. The Morgan fingerprint density at radius 2 is 2.27 bits per heavy atom. The third-order valence-electron chi connectivity index (χ3n) is 1.73. The van der Waals surface area contributed by atoms with Crippen molar-refractivity contribution in [3.05, 3.63) is 11.4 Å². The van der Waals surface area contributed by atoms with Gasteiger partial charge in [-0.2, -0.15) is 5.26 Å². The first-order valence-electron chi connectivity index (χ1n) is 4.05. The zero-order valence-electron chi connectivity index (χ0n) is 7.01. The van der Waals surface area contributed by atoms with E-state index in [1.165, 1.54) is 0 Å². The Balaban J connectivity index is 3.54. The van der Waals surface area contributed by atoms with Gasteiger partial charge in [0.05, 0.1) is 6.07 Å². The van der Waals surface area contributed by atoms with Crippen molar-refractivity contribution in [1.29, 1.82) is 5.26 Å². The van der Waals surface area contributed by atoms with Crippen molar-refractivity contribution >= 4 is 0 Å². The monoisotopic (exact) mass is 150 g/mol. The summed E-state index contributed by atoms with van der Waals surface area (Å²) in [6.07, 6.45) is 3.71. The summed E-state index contributed by atoms with van der Waals surface area (Å²) >= 11 is 0. The number of rotatable bonds is 5. The Kier molecular flexibility index (Phi) is 6.43. The molecule has 0 fully saturated rings. The molecule has 2 nitrogen and oxygen atoms in total. The molecule has 0 spiro atoms. The molecule has 0 saturated carbocycles. The maximum Gasteiger partial charge on any atom is 0.215 e. The molecule has 0 amide bonds. The molecule has 0 aromatic heterocycles. The molecule has 0 heterocycles. The molecule has 11 heavy (non-hydrogen) atoms. The summed E-state index contributed by atoms with van der Waals surface area (Å²) in [6, 6.07) is 2.16. The molecular formula is C9H14N2. The molecule has 0 aliphatic rings. The van der Waals surface area contributed by atoms with Gasteiger partial charge in [0.15, 0.2) is 0 Å². The van der Waals surface area contributed by atoms with E-state index < -0.39 is 0 Å². The van der Waals surface area contributed by atoms with Crippen LogP contribution in [0.4, 0.5) is 0 Å². The minimum atomic E-state index is 0.457. The van der Waals surface area contributed by atoms with Crippen molar-refractivity contribution in [2.24, 2.45) is 5.92 Å². The lowest BCUT2D eigenvalue weighted by molar-refractivity contribution is 0.470. The van der Waals surface area contributed by atoms with E-state index in [2.05, 4.69) is 17.8 Å². The Morgan fingerprint density at radius 3 is 2.73 bits per heavy atom. The van der Waals surface area contributed by atoms with E-state index in [-0.39, 0.29) is 0 Å². The largest absolute Gasteiger partial charge is 0.317 e. The summed E-state index contributed by atoms with van der Waals surface area (Å²) in [5.74, 6) is 0.457. The summed E-state index contributed by atoms with van der Waals surface area (Å²) in [5, 5.41) is 8.44. The highest BCUT2D eigenvalue weighted by molar-refractivity contribution is 4.77. The number of hydrogen-bond acceptors (Lipinski definition) is 1. The van der Waals surface area contributed by atoms with Gasteiger partial charge in [0.25, 0.3) is 0 Å². The summed E-state index contributed by atoms with van der Waals surface area (Å²) in [6.45, 7) is 9.29. The SMILES string of the molecule is [C-]#[N+]CCC(CC#N)CCC. The molecule has 2 heteroatoms. The third-order valence-corrected chi connectivity index (χ3v) is 1.73. The van der Waals surface area contributed by atoms with E-state index in [9.17, 15) is 0 Å². The lowest BCUT2D eigenvalue weighted by Crippen LogP contribution is -2.00. The van der Waals surface area contributed by atoms with Gasteiger partial charge in [-0.05, 0) is 12.3 Å². The minimum Gasteiger partial charge on any atom is -0.317 e. The Morgan fingerprint density at radius 1 is 1.55 bits per heavy atom. The highest BCUT2D eigenvalue weighted by Gasteiger charge is 2.07. The van der Waals surface area contributed by atoms with E-state index in [0.717, 1.165) is 19.3 Å². The fourth-order valence-corrected chi connectivity index (χ4v) is 1.13. The first-order chi connectivity index (χ1) is 5.35. The maximum atomic E-state index is 8.44. The minimum absolute atomic E-state index is 0.457. The number of hydrogen-bond donors (Lipinski definition) is 0. The molecule has 0 rings (SSSR count). The van der Waals surface area contributed by atoms with Crippen LogP contribution in [0.5, 0.6) is 0 Å². The van der Waals surface area contributed by atoms with E-state index >= 15 is 0 Å². The van der Waals surface area contributed by atoms with E-state index in [1.807, 2.05) is 0 Å². The lowest BCUT2D eigenvalue weighted by Gasteiger charge is -2.06. The number of nitrogens with zero attached hydrogens (tertiary/aromatic N) is 2. The van der Waals surface area contributed by atoms with Gasteiger partial charge < -0.3 is 4.85 Å². The average Bonchev–Trinajstić information content (AvgIpc) is 2.01. The van der Waals surface area contributed by atoms with Crippen LogP contribution in [0.15, 0.2) is 0 Å². The van der Waals surface area contributed by atoms with Gasteiger partial charge in [-0.3, -0.25) is 0 Å². The molecule has 1 atom stereocenters. The molecule has 0 aliphatic carbocycles. The van der Waals surface area contributed by atoms with Gasteiger partial charge >= 0.3 is 0 Å². The summed E-state index contributed by atoms with van der Waals surface area (Å²) < 4.78 is 0. The average molecular weight is 150 g/mol. The molecule has 0 N–H and O–H groups in total. The maximum absolute atomic E-state index is 8.44. The highest BCUT2D eigenvalue weighted by Crippen LogP contribution is 2.14. The Hall–Kier alpha value is -1.02. The van der Waals surface area contributed by atoms with E-state index in [4.69, 9.17) is 11.8 Å². The van der Waals surface area contributed by atoms with Crippen LogP contribution in [0.3, 0.4) is 0 Å². The van der Waals surface area contributed by atoms with Crippen LogP contribution in [-0.4, -0.2) is 6.54 Å². The topological polar surface area (TPSA) is 28.1 Å². The molecule has 0 aliphatic heterocycles. The normalized spacial score (nSPS) is 11.5. The Labute approximate surface area is 68.7 Å². The smallest absolute Gasteiger partial charge is 0.215 e. The predicted molar refractivity (Wildman–Crippen MR) is 44.7 cm³/mol. The standard InChI is InChI=1S/C9H14N2/c1-3-4-9(5-7-10)6-8-11-2/h9H,3-6,8H2,1H3.